The van der Waals surface area contributed by atoms with Gasteiger partial charge in [-0.25, -0.2) is 0 Å². The van der Waals surface area contributed by atoms with Crippen LogP contribution in [0.5, 0.6) is 0 Å². The van der Waals surface area contributed by atoms with E-state index in [1.54, 1.807) is 23.3 Å². The fourth-order valence-electron chi connectivity index (χ4n) is 3.97. The lowest BCUT2D eigenvalue weighted by Gasteiger charge is -2.38. The van der Waals surface area contributed by atoms with E-state index in [-0.39, 0.29) is 31.0 Å². The number of carbonyl (C=O) groups excluding carboxylic acids is 2. The number of methoxy groups -OCH3 is 2. The number of amides is 2. The minimum Gasteiger partial charge on any atom is -0.385 e. The molecule has 1 aliphatic rings. The smallest absolute Gasteiger partial charge is 0.249 e. The van der Waals surface area contributed by atoms with Crippen LogP contribution in [0, 0.1) is 6.92 Å². The molecule has 2 aromatic rings. The second-order valence-corrected chi connectivity index (χ2v) is 8.49. The normalized spacial score (nSPS) is 15.7. The highest BCUT2D eigenvalue weighted by Gasteiger charge is 2.34. The monoisotopic (exact) mass is 430 g/mol. The van der Waals surface area contributed by atoms with Gasteiger partial charge < -0.3 is 19.3 Å². The molecule has 162 valence electrons. The van der Waals surface area contributed by atoms with Gasteiger partial charge in [0, 0.05) is 38.8 Å². The summed E-state index contributed by atoms with van der Waals surface area (Å²) in [5.74, 6) is -0.218. The Morgan fingerprint density at radius 2 is 1.97 bits per heavy atom. The number of nitrogens with zero attached hydrogens (tertiary/aromatic N) is 2. The summed E-state index contributed by atoms with van der Waals surface area (Å²) in [6.07, 6.45) is 1.52. The Bertz CT molecular complexity index is 866. The molecule has 3 rings (SSSR count). The van der Waals surface area contributed by atoms with Crippen LogP contribution in [0.15, 0.2) is 35.7 Å². The fourth-order valence-corrected chi connectivity index (χ4v) is 4.88. The van der Waals surface area contributed by atoms with Crippen molar-refractivity contribution in [3.05, 3.63) is 57.3 Å². The lowest BCUT2D eigenvalue weighted by molar-refractivity contribution is -0.143. The molecule has 2 heterocycles. The Morgan fingerprint density at radius 3 is 2.70 bits per heavy atom. The number of benzene rings is 1. The van der Waals surface area contributed by atoms with Crippen molar-refractivity contribution in [1.82, 2.24) is 9.80 Å². The van der Waals surface area contributed by atoms with Crippen LogP contribution in [-0.2, 0) is 25.5 Å². The minimum atomic E-state index is -0.178. The molecular formula is C23H30N2O4S. The Balaban J connectivity index is 1.85. The first-order chi connectivity index (χ1) is 14.6. The van der Waals surface area contributed by atoms with Gasteiger partial charge >= 0.3 is 0 Å². The lowest BCUT2D eigenvalue weighted by Crippen LogP contribution is -2.47. The van der Waals surface area contributed by atoms with Gasteiger partial charge in [-0.2, -0.15) is 0 Å². The minimum absolute atomic E-state index is 0.0316. The molecule has 1 atom stereocenters. The topological polar surface area (TPSA) is 59.1 Å². The van der Waals surface area contributed by atoms with Crippen molar-refractivity contribution in [2.24, 2.45) is 0 Å². The summed E-state index contributed by atoms with van der Waals surface area (Å²) in [5.41, 5.74) is 3.49. The molecule has 2 amide bonds. The maximum atomic E-state index is 13.4. The van der Waals surface area contributed by atoms with Crippen LogP contribution < -0.4 is 0 Å². The van der Waals surface area contributed by atoms with Crippen molar-refractivity contribution >= 4 is 23.2 Å². The Morgan fingerprint density at radius 1 is 1.17 bits per heavy atom. The van der Waals surface area contributed by atoms with Crippen LogP contribution in [-0.4, -0.2) is 68.7 Å². The van der Waals surface area contributed by atoms with Crippen molar-refractivity contribution in [1.29, 1.82) is 0 Å². The molecule has 0 bridgehead atoms. The molecule has 0 N–H and O–H groups in total. The second kappa shape index (κ2) is 10.7. The quantitative estimate of drug-likeness (QED) is 0.574. The molecular weight excluding hydrogens is 400 g/mol. The highest BCUT2D eigenvalue weighted by Crippen LogP contribution is 2.38. The second-order valence-electron chi connectivity index (χ2n) is 7.49. The van der Waals surface area contributed by atoms with E-state index in [1.165, 1.54) is 17.6 Å². The summed E-state index contributed by atoms with van der Waals surface area (Å²) in [6, 6.07) is 10.2. The first kappa shape index (κ1) is 22.5. The molecule has 0 spiro atoms. The van der Waals surface area contributed by atoms with Crippen LogP contribution >= 0.6 is 11.3 Å². The van der Waals surface area contributed by atoms with Crippen molar-refractivity contribution in [2.45, 2.75) is 25.8 Å². The van der Waals surface area contributed by atoms with Gasteiger partial charge in [0.2, 0.25) is 11.8 Å². The van der Waals surface area contributed by atoms with Crippen molar-refractivity contribution in [3.8, 4) is 0 Å². The van der Waals surface area contributed by atoms with Crippen LogP contribution in [0.2, 0.25) is 0 Å². The number of thiophene rings is 1. The third-order valence-corrected chi connectivity index (χ3v) is 6.49. The van der Waals surface area contributed by atoms with Crippen LogP contribution in [0.1, 0.15) is 34.0 Å². The van der Waals surface area contributed by atoms with Gasteiger partial charge in [0.05, 0.1) is 12.6 Å². The maximum absolute atomic E-state index is 13.4. The summed E-state index contributed by atoms with van der Waals surface area (Å²) in [6.45, 7) is 3.75. The average molecular weight is 431 g/mol. The molecule has 7 heteroatoms. The van der Waals surface area contributed by atoms with Crippen molar-refractivity contribution in [3.63, 3.8) is 0 Å². The molecule has 0 saturated carbocycles. The Hall–Kier alpha value is -2.22. The lowest BCUT2D eigenvalue weighted by atomic mass is 9.90. The van der Waals surface area contributed by atoms with Gasteiger partial charge in [0.15, 0.2) is 0 Å². The van der Waals surface area contributed by atoms with E-state index in [0.29, 0.717) is 26.1 Å². The summed E-state index contributed by atoms with van der Waals surface area (Å²) < 4.78 is 10.1. The number of hydrogen-bond donors (Lipinski definition) is 0. The van der Waals surface area contributed by atoms with Gasteiger partial charge in [0.25, 0.3) is 0 Å². The third kappa shape index (κ3) is 5.09. The predicted octanol–water partition coefficient (Wildman–Crippen LogP) is 3.04. The molecule has 0 aliphatic carbocycles. The number of carbonyl (C=O) groups is 2. The highest BCUT2D eigenvalue weighted by molar-refractivity contribution is 7.10. The Kier molecular flexibility index (Phi) is 8.01. The molecule has 1 aromatic heterocycles. The molecule has 1 aliphatic heterocycles. The van der Waals surface area contributed by atoms with E-state index in [2.05, 4.69) is 30.5 Å². The zero-order chi connectivity index (χ0) is 21.5. The molecule has 30 heavy (non-hydrogen) atoms. The van der Waals surface area contributed by atoms with Crippen molar-refractivity contribution in [2.75, 3.05) is 47.1 Å². The van der Waals surface area contributed by atoms with E-state index >= 15 is 0 Å². The van der Waals surface area contributed by atoms with Gasteiger partial charge in [-0.1, -0.05) is 24.3 Å². The van der Waals surface area contributed by atoms with Crippen LogP contribution in [0.3, 0.4) is 0 Å². The van der Waals surface area contributed by atoms with E-state index in [1.807, 2.05) is 17.0 Å². The Labute approximate surface area is 182 Å². The SMILES string of the molecule is COCCCN(CC(=O)N1CCc2sccc2C1c1ccccc1C)C(=O)COC. The van der Waals surface area contributed by atoms with E-state index in [9.17, 15) is 9.59 Å². The number of hydrogen-bond acceptors (Lipinski definition) is 5. The van der Waals surface area contributed by atoms with Crippen molar-refractivity contribution < 1.29 is 19.1 Å². The van der Waals surface area contributed by atoms with E-state index in [4.69, 9.17) is 9.47 Å². The van der Waals surface area contributed by atoms with Crippen LogP contribution in [0.4, 0.5) is 0 Å². The zero-order valence-electron chi connectivity index (χ0n) is 17.9. The van der Waals surface area contributed by atoms with E-state index in [0.717, 1.165) is 17.5 Å². The average Bonchev–Trinajstić information content (AvgIpc) is 3.22. The number of ether oxygens (including phenoxy) is 2. The van der Waals surface area contributed by atoms with Crippen LogP contribution in [0.25, 0.3) is 0 Å². The third-order valence-electron chi connectivity index (χ3n) is 5.49. The van der Waals surface area contributed by atoms with Gasteiger partial charge in [-0.3, -0.25) is 9.59 Å². The molecule has 1 unspecified atom stereocenters. The molecule has 0 saturated heterocycles. The molecule has 0 fully saturated rings. The zero-order valence-corrected chi connectivity index (χ0v) is 18.7. The summed E-state index contributed by atoms with van der Waals surface area (Å²) in [7, 11) is 3.12. The fraction of sp³-hybridized carbons (Fsp3) is 0.478. The molecule has 0 radical (unpaired) electrons. The largest absolute Gasteiger partial charge is 0.385 e. The summed E-state index contributed by atoms with van der Waals surface area (Å²) in [4.78, 5) is 30.8. The van der Waals surface area contributed by atoms with E-state index < -0.39 is 0 Å². The standard InChI is InChI=1S/C23H30N2O4S/c1-17-7-4-5-8-18(17)23-19-10-14-30-20(19)9-12-25(23)21(26)15-24(11-6-13-28-2)22(27)16-29-3/h4-5,7-8,10,14,23H,6,9,11-13,15-16H2,1-3H3. The number of aryl methyl sites for hydroxylation is 1. The first-order valence-corrected chi connectivity index (χ1v) is 11.1. The predicted molar refractivity (Wildman–Crippen MR) is 118 cm³/mol. The number of fused-ring (bicyclic) bond motifs is 1. The maximum Gasteiger partial charge on any atom is 0.249 e. The summed E-state index contributed by atoms with van der Waals surface area (Å²) in [5, 5.41) is 2.10. The first-order valence-electron chi connectivity index (χ1n) is 10.2. The molecule has 1 aromatic carbocycles. The number of rotatable bonds is 9. The van der Waals surface area contributed by atoms with Gasteiger partial charge in [-0.05, 0) is 47.9 Å². The summed E-state index contributed by atoms with van der Waals surface area (Å²) >= 11 is 1.75. The van der Waals surface area contributed by atoms with Gasteiger partial charge in [0.1, 0.15) is 6.61 Å². The van der Waals surface area contributed by atoms with Gasteiger partial charge in [-0.15, -0.1) is 11.3 Å². The highest BCUT2D eigenvalue weighted by atomic mass is 32.1. The molecule has 6 nitrogen and oxygen atoms in total.